The molecule has 0 bridgehead atoms. The Morgan fingerprint density at radius 3 is 2.66 bits per heavy atom. The van der Waals surface area contributed by atoms with Crippen LogP contribution in [0, 0.1) is 0 Å². The Morgan fingerprint density at radius 2 is 1.92 bits per heavy atom. The highest BCUT2D eigenvalue weighted by Crippen LogP contribution is 2.33. The second-order valence-electron chi connectivity index (χ2n) is 9.01. The number of benzene rings is 3. The lowest BCUT2D eigenvalue weighted by atomic mass is 9.89. The highest BCUT2D eigenvalue weighted by Gasteiger charge is 2.49. The quantitative estimate of drug-likeness (QED) is 0.227. The van der Waals surface area contributed by atoms with E-state index in [4.69, 9.17) is 31.2 Å². The molecule has 3 N–H and O–H groups in total. The minimum absolute atomic E-state index is 0.0808. The number of aliphatic hydroxyl groups excluding tert-OH is 1. The molecule has 1 aliphatic heterocycles. The number of nitrogens with one attached hydrogen (secondary N) is 2. The Kier molecular flexibility index (Phi) is 9.54. The van der Waals surface area contributed by atoms with Crippen molar-refractivity contribution in [3.63, 3.8) is 0 Å². The van der Waals surface area contributed by atoms with Crippen LogP contribution in [0.3, 0.4) is 0 Å². The van der Waals surface area contributed by atoms with Gasteiger partial charge in [-0.15, -0.1) is 0 Å². The summed E-state index contributed by atoms with van der Waals surface area (Å²) in [7, 11) is 0. The van der Waals surface area contributed by atoms with Crippen LogP contribution in [0.1, 0.15) is 36.5 Å². The molecule has 0 radical (unpaired) electrons. The fraction of sp³-hybridized carbons (Fsp3) is 0.267. The van der Waals surface area contributed by atoms with Crippen LogP contribution in [0.4, 0.5) is 0 Å². The van der Waals surface area contributed by atoms with Gasteiger partial charge in [-0.3, -0.25) is 10.2 Å². The van der Waals surface area contributed by atoms with Gasteiger partial charge in [0, 0.05) is 36.6 Å². The van der Waals surface area contributed by atoms with E-state index >= 15 is 0 Å². The molecule has 0 aromatic heterocycles. The molecule has 38 heavy (non-hydrogen) atoms. The maximum absolute atomic E-state index is 13.6. The molecule has 0 spiro atoms. The molecule has 1 amide bonds. The van der Waals surface area contributed by atoms with E-state index in [-0.39, 0.29) is 12.5 Å². The fourth-order valence-corrected chi connectivity index (χ4v) is 4.32. The first-order valence-electron chi connectivity index (χ1n) is 12.6. The number of aliphatic imine (C=N–C) groups is 1. The first-order chi connectivity index (χ1) is 18.5. The molecular weight excluding hydrogens is 502 g/mol. The predicted octanol–water partition coefficient (Wildman–Crippen LogP) is 4.93. The normalized spacial score (nSPS) is 18.7. The highest BCUT2D eigenvalue weighted by molar-refractivity contribution is 6.30. The summed E-state index contributed by atoms with van der Waals surface area (Å²) in [5.74, 6) is 0.801. The molecule has 0 fully saturated rings. The highest BCUT2D eigenvalue weighted by atomic mass is 35.5. The third-order valence-corrected chi connectivity index (χ3v) is 6.49. The van der Waals surface area contributed by atoms with Gasteiger partial charge in [0.2, 0.25) is 5.90 Å². The minimum atomic E-state index is -1.17. The van der Waals surface area contributed by atoms with E-state index in [0.29, 0.717) is 42.7 Å². The van der Waals surface area contributed by atoms with Gasteiger partial charge < -0.3 is 14.6 Å². The molecule has 0 saturated carbocycles. The minimum Gasteiger partial charge on any atom is -0.494 e. The van der Waals surface area contributed by atoms with Gasteiger partial charge in [-0.2, -0.15) is 0 Å². The molecule has 3 aromatic carbocycles. The van der Waals surface area contributed by atoms with Gasteiger partial charge in [0.15, 0.2) is 5.54 Å². The van der Waals surface area contributed by atoms with Crippen LogP contribution in [-0.2, 0) is 16.1 Å². The lowest BCUT2D eigenvalue weighted by Crippen LogP contribution is -2.54. The van der Waals surface area contributed by atoms with Crippen molar-refractivity contribution in [2.45, 2.75) is 38.0 Å². The Bertz CT molecular complexity index is 1260. The summed E-state index contributed by atoms with van der Waals surface area (Å²) in [6, 6.07) is 24.7. The van der Waals surface area contributed by atoms with Crippen LogP contribution in [0.2, 0.25) is 5.02 Å². The molecule has 1 heterocycles. The number of halogens is 1. The molecule has 0 saturated heterocycles. The second kappa shape index (κ2) is 13.2. The van der Waals surface area contributed by atoms with Gasteiger partial charge in [0.25, 0.3) is 5.91 Å². The van der Waals surface area contributed by atoms with E-state index in [1.807, 2.05) is 91.9 Å². The zero-order valence-electron chi connectivity index (χ0n) is 21.3. The van der Waals surface area contributed by atoms with E-state index in [1.54, 1.807) is 6.07 Å². The first-order valence-corrected chi connectivity index (χ1v) is 13.0. The third-order valence-electron chi connectivity index (χ3n) is 6.25. The number of hydrazine groups is 1. The lowest BCUT2D eigenvalue weighted by Gasteiger charge is -2.27. The van der Waals surface area contributed by atoms with E-state index in [9.17, 15) is 4.79 Å². The molecule has 3 aromatic rings. The molecule has 8 heteroatoms. The van der Waals surface area contributed by atoms with Crippen molar-refractivity contribution in [2.75, 3.05) is 13.2 Å². The summed E-state index contributed by atoms with van der Waals surface area (Å²) in [5, 5.41) is 9.57. The average molecular weight is 534 g/mol. The Labute approximate surface area is 228 Å². The molecule has 0 unspecified atom stereocenters. The summed E-state index contributed by atoms with van der Waals surface area (Å²) in [4.78, 5) is 18.4. The van der Waals surface area contributed by atoms with Crippen LogP contribution in [-0.4, -0.2) is 41.8 Å². The number of aliphatic hydroxyl groups is 1. The molecule has 0 aliphatic carbocycles. The first kappa shape index (κ1) is 27.4. The van der Waals surface area contributed by atoms with Crippen molar-refractivity contribution in [1.82, 2.24) is 10.9 Å². The van der Waals surface area contributed by atoms with Gasteiger partial charge in [-0.05, 0) is 54.4 Å². The smallest absolute Gasteiger partial charge is 0.266 e. The summed E-state index contributed by atoms with van der Waals surface area (Å²) in [6.45, 7) is 2.78. The van der Waals surface area contributed by atoms with Gasteiger partial charge in [-0.1, -0.05) is 66.2 Å². The largest absolute Gasteiger partial charge is 0.494 e. The van der Waals surface area contributed by atoms with Gasteiger partial charge in [0.05, 0.1) is 6.61 Å². The average Bonchev–Trinajstić information content (AvgIpc) is 3.27. The van der Waals surface area contributed by atoms with Crippen molar-refractivity contribution >= 4 is 29.5 Å². The maximum Gasteiger partial charge on any atom is 0.266 e. The number of ether oxygens (including phenoxy) is 2. The van der Waals surface area contributed by atoms with Crippen LogP contribution in [0.15, 0.2) is 89.9 Å². The number of hydrogen-bond acceptors (Lipinski definition) is 6. The number of nitrogens with zero attached hydrogens (tertiary/aromatic N) is 1. The monoisotopic (exact) mass is 533 g/mol. The van der Waals surface area contributed by atoms with Crippen LogP contribution in [0.5, 0.6) is 5.75 Å². The summed E-state index contributed by atoms with van der Waals surface area (Å²) < 4.78 is 11.8. The molecule has 2 atom stereocenters. The van der Waals surface area contributed by atoms with Crippen molar-refractivity contribution in [1.29, 1.82) is 0 Å². The number of hydrogen-bond donors (Lipinski definition) is 3. The van der Waals surface area contributed by atoms with Crippen molar-refractivity contribution < 1.29 is 19.4 Å². The van der Waals surface area contributed by atoms with Crippen molar-refractivity contribution in [2.24, 2.45) is 4.99 Å². The summed E-state index contributed by atoms with van der Waals surface area (Å²) in [5.41, 5.74) is 7.39. The number of carbonyl (C=O) groups excluding carboxylic acids is 1. The molecule has 4 rings (SSSR count). The zero-order valence-corrected chi connectivity index (χ0v) is 22.0. The van der Waals surface area contributed by atoms with Crippen molar-refractivity contribution in [3.8, 4) is 5.75 Å². The molecule has 1 aliphatic rings. The number of amides is 1. The standard InChI is InChI=1S/C30H32ClN3O4/c1-22-30(17-6-11-23-8-3-2-4-9-23,29(36)34-32-21-24-10-5-12-26(31)20-24)33-28(38-22)25-13-15-27(16-14-25)37-19-7-18-35/h2-6,8-16,20,22,32,35H,7,17-19,21H2,1H3,(H,34,36)/b11-6+/t22-,30-/m0/s1. The zero-order chi connectivity index (χ0) is 26.8. The maximum atomic E-state index is 13.6. The van der Waals surface area contributed by atoms with Crippen molar-refractivity contribution in [3.05, 3.63) is 107 Å². The SMILES string of the molecule is C[C@@H]1OC(c2ccc(OCCCO)cc2)=N[C@]1(C/C=C/c1ccccc1)C(=O)NNCc1cccc(Cl)c1. The fourth-order valence-electron chi connectivity index (χ4n) is 4.10. The Balaban J connectivity index is 1.53. The van der Waals surface area contributed by atoms with E-state index in [0.717, 1.165) is 16.7 Å². The van der Waals surface area contributed by atoms with Gasteiger partial charge in [-0.25, -0.2) is 10.4 Å². The van der Waals surface area contributed by atoms with Crippen LogP contribution in [0.25, 0.3) is 6.08 Å². The summed E-state index contributed by atoms with van der Waals surface area (Å²) in [6.07, 6.45) is 4.34. The Morgan fingerprint density at radius 1 is 1.13 bits per heavy atom. The molecule has 198 valence electrons. The van der Waals surface area contributed by atoms with Gasteiger partial charge >= 0.3 is 0 Å². The van der Waals surface area contributed by atoms with Gasteiger partial charge in [0.1, 0.15) is 11.9 Å². The molecule has 7 nitrogen and oxygen atoms in total. The number of carbonyl (C=O) groups is 1. The van der Waals surface area contributed by atoms with Crippen LogP contribution < -0.4 is 15.6 Å². The Hall–Kier alpha value is -3.65. The predicted molar refractivity (Wildman–Crippen MR) is 150 cm³/mol. The second-order valence-corrected chi connectivity index (χ2v) is 9.44. The molecular formula is C30H32ClN3O4. The summed E-state index contributed by atoms with van der Waals surface area (Å²) >= 11 is 6.08. The third kappa shape index (κ3) is 7.01. The van der Waals surface area contributed by atoms with Crippen LogP contribution >= 0.6 is 11.6 Å². The van der Waals surface area contributed by atoms with E-state index in [1.165, 1.54) is 0 Å². The lowest BCUT2D eigenvalue weighted by molar-refractivity contribution is -0.129. The van der Waals surface area contributed by atoms with E-state index in [2.05, 4.69) is 10.9 Å². The number of rotatable bonds is 12. The topological polar surface area (TPSA) is 92.2 Å². The van der Waals surface area contributed by atoms with E-state index < -0.39 is 11.6 Å².